The number of allylic oxidation sites excluding steroid dienone is 1. The lowest BCUT2D eigenvalue weighted by Gasteiger charge is -2.08. The summed E-state index contributed by atoms with van der Waals surface area (Å²) < 4.78 is 5.19. The largest absolute Gasteiger partial charge is 0.497 e. The summed E-state index contributed by atoms with van der Waals surface area (Å²) in [4.78, 5) is 11.1. The molecule has 0 fully saturated rings. The van der Waals surface area contributed by atoms with Gasteiger partial charge in [0.2, 0.25) is 0 Å². The van der Waals surface area contributed by atoms with Crippen molar-refractivity contribution in [1.82, 2.24) is 0 Å². The van der Waals surface area contributed by atoms with E-state index in [1.165, 1.54) is 0 Å². The van der Waals surface area contributed by atoms with E-state index in [1.54, 1.807) is 25.3 Å². The Kier molecular flexibility index (Phi) is 3.33. The molecule has 1 N–H and O–H groups in total. The Morgan fingerprint density at radius 2 is 2.17 bits per heavy atom. The molecular weight excluding hydrogens is 228 g/mol. The van der Waals surface area contributed by atoms with Crippen LogP contribution in [0.1, 0.15) is 15.9 Å². The number of hydrogen-bond donors (Lipinski definition) is 1. The Balaban J connectivity index is 2.71. The molecule has 0 aliphatic carbocycles. The molecule has 0 bridgehead atoms. The average Bonchev–Trinajstić information content (AvgIpc) is 2.38. The molecular formula is C15H14O3. The van der Waals surface area contributed by atoms with Gasteiger partial charge in [0.25, 0.3) is 0 Å². The van der Waals surface area contributed by atoms with E-state index in [-0.39, 0.29) is 0 Å². The van der Waals surface area contributed by atoms with Gasteiger partial charge in [0.15, 0.2) is 0 Å². The summed E-state index contributed by atoms with van der Waals surface area (Å²) >= 11 is 0. The van der Waals surface area contributed by atoms with Gasteiger partial charge in [-0.15, -0.1) is 6.58 Å². The first-order chi connectivity index (χ1) is 8.65. The van der Waals surface area contributed by atoms with Crippen molar-refractivity contribution >= 4 is 16.7 Å². The SMILES string of the molecule is C=CCc1cc(C(=O)O)cc2ccc(OC)cc12. The van der Waals surface area contributed by atoms with Crippen LogP contribution < -0.4 is 4.74 Å². The monoisotopic (exact) mass is 242 g/mol. The zero-order chi connectivity index (χ0) is 13.1. The minimum Gasteiger partial charge on any atom is -0.497 e. The smallest absolute Gasteiger partial charge is 0.335 e. The van der Waals surface area contributed by atoms with Gasteiger partial charge in [-0.3, -0.25) is 0 Å². The molecule has 3 heteroatoms. The van der Waals surface area contributed by atoms with E-state index in [0.29, 0.717) is 12.0 Å². The van der Waals surface area contributed by atoms with Gasteiger partial charge in [0.05, 0.1) is 12.7 Å². The Morgan fingerprint density at radius 3 is 2.78 bits per heavy atom. The van der Waals surface area contributed by atoms with Crippen LogP contribution in [0.3, 0.4) is 0 Å². The second-order valence-corrected chi connectivity index (χ2v) is 4.02. The first kappa shape index (κ1) is 12.2. The summed E-state index contributed by atoms with van der Waals surface area (Å²) in [5.41, 5.74) is 1.24. The summed E-state index contributed by atoms with van der Waals surface area (Å²) in [6, 6.07) is 8.97. The normalized spacial score (nSPS) is 10.3. The van der Waals surface area contributed by atoms with Crippen molar-refractivity contribution in [3.05, 3.63) is 54.1 Å². The maximum atomic E-state index is 11.1. The lowest BCUT2D eigenvalue weighted by Crippen LogP contribution is -1.98. The fourth-order valence-corrected chi connectivity index (χ4v) is 1.99. The molecule has 0 atom stereocenters. The van der Waals surface area contributed by atoms with E-state index in [1.807, 2.05) is 18.2 Å². The number of hydrogen-bond acceptors (Lipinski definition) is 2. The zero-order valence-electron chi connectivity index (χ0n) is 10.1. The predicted molar refractivity (Wildman–Crippen MR) is 71.4 cm³/mol. The van der Waals surface area contributed by atoms with Gasteiger partial charge < -0.3 is 9.84 Å². The molecule has 92 valence electrons. The van der Waals surface area contributed by atoms with E-state index in [4.69, 9.17) is 9.84 Å². The van der Waals surface area contributed by atoms with Gasteiger partial charge >= 0.3 is 5.97 Å². The number of benzene rings is 2. The van der Waals surface area contributed by atoms with Gasteiger partial charge in [-0.1, -0.05) is 12.1 Å². The molecule has 0 heterocycles. The van der Waals surface area contributed by atoms with E-state index < -0.39 is 5.97 Å². The third-order valence-electron chi connectivity index (χ3n) is 2.86. The average molecular weight is 242 g/mol. The molecule has 2 aromatic rings. The zero-order valence-corrected chi connectivity index (χ0v) is 10.1. The highest BCUT2D eigenvalue weighted by molar-refractivity contribution is 5.96. The standard InChI is InChI=1S/C15H14O3/c1-3-4-10-7-12(15(16)17)8-11-5-6-13(18-2)9-14(10)11/h3,5-9H,1,4H2,2H3,(H,16,17). The van der Waals surface area contributed by atoms with E-state index in [0.717, 1.165) is 22.1 Å². The number of carboxylic acid groups (broad SMARTS) is 1. The number of aromatic carboxylic acids is 1. The van der Waals surface area contributed by atoms with Gasteiger partial charge in [-0.05, 0) is 47.0 Å². The molecule has 0 amide bonds. The van der Waals surface area contributed by atoms with Crippen molar-refractivity contribution in [2.45, 2.75) is 6.42 Å². The van der Waals surface area contributed by atoms with E-state index in [9.17, 15) is 4.79 Å². The van der Waals surface area contributed by atoms with E-state index >= 15 is 0 Å². The summed E-state index contributed by atoms with van der Waals surface area (Å²) in [5, 5.41) is 11.0. The predicted octanol–water partition coefficient (Wildman–Crippen LogP) is 3.28. The summed E-state index contributed by atoms with van der Waals surface area (Å²) in [6.07, 6.45) is 2.39. The number of rotatable bonds is 4. The Morgan fingerprint density at radius 1 is 1.39 bits per heavy atom. The van der Waals surface area contributed by atoms with Crippen LogP contribution in [0.15, 0.2) is 43.0 Å². The maximum absolute atomic E-state index is 11.1. The van der Waals surface area contributed by atoms with Crippen molar-refractivity contribution in [3.8, 4) is 5.75 Å². The summed E-state index contributed by atoms with van der Waals surface area (Å²) in [6.45, 7) is 3.70. The first-order valence-corrected chi connectivity index (χ1v) is 5.60. The van der Waals surface area contributed by atoms with Gasteiger partial charge in [0.1, 0.15) is 5.75 Å². The van der Waals surface area contributed by atoms with Crippen molar-refractivity contribution in [2.75, 3.05) is 7.11 Å². The fourth-order valence-electron chi connectivity index (χ4n) is 1.99. The van der Waals surface area contributed by atoms with Crippen molar-refractivity contribution in [2.24, 2.45) is 0 Å². The number of carboxylic acids is 1. The third kappa shape index (κ3) is 2.20. The number of ether oxygens (including phenoxy) is 1. The Hall–Kier alpha value is -2.29. The van der Waals surface area contributed by atoms with Crippen LogP contribution in [-0.4, -0.2) is 18.2 Å². The third-order valence-corrected chi connectivity index (χ3v) is 2.86. The van der Waals surface area contributed by atoms with E-state index in [2.05, 4.69) is 6.58 Å². The topological polar surface area (TPSA) is 46.5 Å². The molecule has 2 aromatic carbocycles. The molecule has 18 heavy (non-hydrogen) atoms. The van der Waals surface area contributed by atoms with Gasteiger partial charge in [-0.25, -0.2) is 4.79 Å². The summed E-state index contributed by atoms with van der Waals surface area (Å²) in [7, 11) is 1.61. The van der Waals surface area contributed by atoms with Crippen molar-refractivity contribution in [1.29, 1.82) is 0 Å². The van der Waals surface area contributed by atoms with Crippen LogP contribution in [0, 0.1) is 0 Å². The summed E-state index contributed by atoms with van der Waals surface area (Å²) in [5.74, 6) is -0.158. The lowest BCUT2D eigenvalue weighted by atomic mass is 9.98. The second-order valence-electron chi connectivity index (χ2n) is 4.02. The van der Waals surface area contributed by atoms with Crippen LogP contribution in [-0.2, 0) is 6.42 Å². The molecule has 0 aromatic heterocycles. The molecule has 3 nitrogen and oxygen atoms in total. The molecule has 0 spiro atoms. The first-order valence-electron chi connectivity index (χ1n) is 5.60. The van der Waals surface area contributed by atoms with Crippen LogP contribution >= 0.6 is 0 Å². The molecule has 0 saturated carbocycles. The Labute approximate surface area is 105 Å². The van der Waals surface area contributed by atoms with Gasteiger partial charge in [0, 0.05) is 0 Å². The molecule has 2 rings (SSSR count). The number of methoxy groups -OCH3 is 1. The fraction of sp³-hybridized carbons (Fsp3) is 0.133. The second kappa shape index (κ2) is 4.92. The highest BCUT2D eigenvalue weighted by Crippen LogP contribution is 2.26. The van der Waals surface area contributed by atoms with Crippen LogP contribution in [0.2, 0.25) is 0 Å². The molecule has 0 unspecified atom stereocenters. The quantitative estimate of drug-likeness (QED) is 0.837. The number of carbonyl (C=O) groups is 1. The molecule has 0 saturated heterocycles. The van der Waals surface area contributed by atoms with Crippen molar-refractivity contribution in [3.63, 3.8) is 0 Å². The lowest BCUT2D eigenvalue weighted by molar-refractivity contribution is 0.0697. The van der Waals surface area contributed by atoms with Crippen LogP contribution in [0.25, 0.3) is 10.8 Å². The van der Waals surface area contributed by atoms with Crippen molar-refractivity contribution < 1.29 is 14.6 Å². The van der Waals surface area contributed by atoms with Crippen LogP contribution in [0.5, 0.6) is 5.75 Å². The van der Waals surface area contributed by atoms with Gasteiger partial charge in [-0.2, -0.15) is 0 Å². The maximum Gasteiger partial charge on any atom is 0.335 e. The molecule has 0 aliphatic rings. The minimum absolute atomic E-state index is 0.296. The molecule has 0 aliphatic heterocycles. The molecule has 0 radical (unpaired) electrons. The van der Waals surface area contributed by atoms with Crippen LogP contribution in [0.4, 0.5) is 0 Å². The highest BCUT2D eigenvalue weighted by Gasteiger charge is 2.09. The minimum atomic E-state index is -0.918. The highest BCUT2D eigenvalue weighted by atomic mass is 16.5. The number of fused-ring (bicyclic) bond motifs is 1. The Bertz CT molecular complexity index is 614.